The largest absolute Gasteiger partial charge is 0.312 e. The average molecular weight is 241 g/mol. The van der Waals surface area contributed by atoms with Crippen LogP contribution in [-0.4, -0.2) is 61.7 Å². The van der Waals surface area contributed by atoms with Gasteiger partial charge in [-0.2, -0.15) is 0 Å². The fraction of sp³-hybridized carbons (Fsp3) is 1.00. The summed E-state index contributed by atoms with van der Waals surface area (Å²) in [6.07, 6.45) is 1.32. The van der Waals surface area contributed by atoms with E-state index in [0.717, 1.165) is 12.5 Å². The molecule has 1 N–H and O–H groups in total. The first kappa shape index (κ1) is 14.9. The maximum Gasteiger partial charge on any atom is 0.0109 e. The van der Waals surface area contributed by atoms with Crippen molar-refractivity contribution in [2.75, 3.05) is 46.3 Å². The van der Waals surface area contributed by atoms with Gasteiger partial charge in [0.05, 0.1) is 0 Å². The zero-order chi connectivity index (χ0) is 12.9. The minimum Gasteiger partial charge on any atom is -0.312 e. The Morgan fingerprint density at radius 1 is 1.12 bits per heavy atom. The predicted molar refractivity (Wildman–Crippen MR) is 75.5 cm³/mol. The summed E-state index contributed by atoms with van der Waals surface area (Å²) in [5, 5.41) is 3.60. The van der Waals surface area contributed by atoms with E-state index in [-0.39, 0.29) is 5.54 Å². The Morgan fingerprint density at radius 3 is 2.47 bits per heavy atom. The highest BCUT2D eigenvalue weighted by Crippen LogP contribution is 2.06. The molecule has 1 aliphatic heterocycles. The van der Waals surface area contributed by atoms with Gasteiger partial charge in [-0.3, -0.25) is 0 Å². The van der Waals surface area contributed by atoms with Crippen molar-refractivity contribution in [2.45, 2.75) is 39.7 Å². The molecule has 3 nitrogen and oxygen atoms in total. The van der Waals surface area contributed by atoms with Gasteiger partial charge in [0.25, 0.3) is 0 Å². The third kappa shape index (κ3) is 7.02. The van der Waals surface area contributed by atoms with Crippen molar-refractivity contribution >= 4 is 0 Å². The smallest absolute Gasteiger partial charge is 0.0109 e. The summed E-state index contributed by atoms with van der Waals surface area (Å²) in [4.78, 5) is 5.07. The van der Waals surface area contributed by atoms with Crippen LogP contribution in [-0.2, 0) is 0 Å². The molecule has 1 fully saturated rings. The van der Waals surface area contributed by atoms with Crippen LogP contribution in [0.2, 0.25) is 0 Å². The van der Waals surface area contributed by atoms with Gasteiger partial charge in [-0.15, -0.1) is 0 Å². The van der Waals surface area contributed by atoms with Crippen LogP contribution < -0.4 is 5.32 Å². The summed E-state index contributed by atoms with van der Waals surface area (Å²) in [5.74, 6) is 0.734. The molecule has 1 saturated heterocycles. The predicted octanol–water partition coefficient (Wildman–Crippen LogP) is 1.65. The molecule has 1 unspecified atom stereocenters. The molecule has 0 bridgehead atoms. The molecule has 0 amide bonds. The number of hydrogen-bond acceptors (Lipinski definition) is 3. The number of rotatable bonds is 4. The quantitative estimate of drug-likeness (QED) is 0.807. The molecule has 0 radical (unpaired) electrons. The Labute approximate surface area is 108 Å². The highest BCUT2D eigenvalue weighted by atomic mass is 15.2. The normalized spacial score (nSPS) is 22.4. The molecule has 1 atom stereocenters. The lowest BCUT2D eigenvalue weighted by molar-refractivity contribution is 0.232. The molecular formula is C14H31N3. The lowest BCUT2D eigenvalue weighted by Gasteiger charge is -2.27. The fourth-order valence-electron chi connectivity index (χ4n) is 2.27. The van der Waals surface area contributed by atoms with E-state index in [9.17, 15) is 0 Å². The minimum absolute atomic E-state index is 0.243. The molecule has 17 heavy (non-hydrogen) atoms. The lowest BCUT2D eigenvalue weighted by Crippen LogP contribution is -2.42. The molecular weight excluding hydrogens is 210 g/mol. The maximum atomic E-state index is 3.60. The van der Waals surface area contributed by atoms with Crippen LogP contribution in [0, 0.1) is 5.92 Å². The number of nitrogens with one attached hydrogen (secondary N) is 1. The summed E-state index contributed by atoms with van der Waals surface area (Å²) in [7, 11) is 2.23. The van der Waals surface area contributed by atoms with Crippen molar-refractivity contribution in [1.29, 1.82) is 0 Å². The first-order chi connectivity index (χ1) is 7.87. The van der Waals surface area contributed by atoms with E-state index in [0.29, 0.717) is 0 Å². The Morgan fingerprint density at radius 2 is 1.82 bits per heavy atom. The van der Waals surface area contributed by atoms with E-state index in [1.165, 1.54) is 39.1 Å². The highest BCUT2D eigenvalue weighted by Gasteiger charge is 2.16. The zero-order valence-corrected chi connectivity index (χ0v) is 12.4. The van der Waals surface area contributed by atoms with Crippen LogP contribution in [0.15, 0.2) is 0 Å². The molecule has 0 spiro atoms. The molecule has 1 aliphatic rings. The SMILES string of the molecule is CC(CNC(C)(C)C)CN1CCCN(C)CC1. The van der Waals surface area contributed by atoms with E-state index in [1.54, 1.807) is 0 Å². The van der Waals surface area contributed by atoms with Gasteiger partial charge in [-0.25, -0.2) is 0 Å². The van der Waals surface area contributed by atoms with Crippen molar-refractivity contribution < 1.29 is 0 Å². The van der Waals surface area contributed by atoms with Gasteiger partial charge in [0.2, 0.25) is 0 Å². The van der Waals surface area contributed by atoms with Crippen LogP contribution in [0.1, 0.15) is 34.1 Å². The molecule has 3 heteroatoms. The van der Waals surface area contributed by atoms with E-state index >= 15 is 0 Å². The van der Waals surface area contributed by atoms with Gasteiger partial charge in [0, 0.05) is 25.2 Å². The summed E-state index contributed by atoms with van der Waals surface area (Å²) in [5.41, 5.74) is 0.243. The van der Waals surface area contributed by atoms with E-state index < -0.39 is 0 Å². The van der Waals surface area contributed by atoms with Crippen molar-refractivity contribution in [3.63, 3.8) is 0 Å². The van der Waals surface area contributed by atoms with Crippen molar-refractivity contribution in [3.8, 4) is 0 Å². The van der Waals surface area contributed by atoms with Crippen molar-refractivity contribution in [1.82, 2.24) is 15.1 Å². The second-order valence-electron chi connectivity index (χ2n) is 6.69. The van der Waals surface area contributed by atoms with Crippen LogP contribution in [0.4, 0.5) is 0 Å². The van der Waals surface area contributed by atoms with Gasteiger partial charge in [0.15, 0.2) is 0 Å². The average Bonchev–Trinajstić information content (AvgIpc) is 2.40. The number of nitrogens with zero attached hydrogens (tertiary/aromatic N) is 2. The van der Waals surface area contributed by atoms with Gasteiger partial charge >= 0.3 is 0 Å². The first-order valence-corrected chi connectivity index (χ1v) is 7.03. The van der Waals surface area contributed by atoms with Gasteiger partial charge in [0.1, 0.15) is 0 Å². The zero-order valence-electron chi connectivity index (χ0n) is 12.4. The Balaban J connectivity index is 2.23. The number of hydrogen-bond donors (Lipinski definition) is 1. The Hall–Kier alpha value is -0.120. The van der Waals surface area contributed by atoms with Crippen molar-refractivity contribution in [3.05, 3.63) is 0 Å². The van der Waals surface area contributed by atoms with Crippen LogP contribution in [0.3, 0.4) is 0 Å². The second kappa shape index (κ2) is 6.72. The summed E-state index contributed by atoms with van der Waals surface area (Å²) in [6.45, 7) is 16.4. The maximum absolute atomic E-state index is 3.60. The van der Waals surface area contributed by atoms with Gasteiger partial charge < -0.3 is 15.1 Å². The Kier molecular flexibility index (Phi) is 5.90. The monoisotopic (exact) mass is 241 g/mol. The molecule has 0 aromatic carbocycles. The second-order valence-corrected chi connectivity index (χ2v) is 6.69. The van der Waals surface area contributed by atoms with Crippen LogP contribution >= 0.6 is 0 Å². The van der Waals surface area contributed by atoms with Crippen molar-refractivity contribution in [2.24, 2.45) is 5.92 Å². The topological polar surface area (TPSA) is 18.5 Å². The third-order valence-electron chi connectivity index (χ3n) is 3.36. The molecule has 102 valence electrons. The lowest BCUT2D eigenvalue weighted by atomic mass is 10.1. The van der Waals surface area contributed by atoms with Crippen LogP contribution in [0.5, 0.6) is 0 Å². The minimum atomic E-state index is 0.243. The molecule has 0 aliphatic carbocycles. The summed E-state index contributed by atoms with van der Waals surface area (Å²) >= 11 is 0. The Bertz CT molecular complexity index is 210. The molecule has 0 aromatic rings. The molecule has 1 rings (SSSR count). The molecule has 1 heterocycles. The number of likely N-dealkylation sites (N-methyl/N-ethyl adjacent to an activating group) is 1. The van der Waals surface area contributed by atoms with Gasteiger partial charge in [-0.1, -0.05) is 6.92 Å². The molecule has 0 saturated carbocycles. The van der Waals surface area contributed by atoms with E-state index in [2.05, 4.69) is 49.9 Å². The fourth-order valence-corrected chi connectivity index (χ4v) is 2.27. The van der Waals surface area contributed by atoms with Gasteiger partial charge in [-0.05, 0) is 59.8 Å². The highest BCUT2D eigenvalue weighted by molar-refractivity contribution is 4.75. The van der Waals surface area contributed by atoms with E-state index in [1.807, 2.05) is 0 Å². The van der Waals surface area contributed by atoms with Crippen LogP contribution in [0.25, 0.3) is 0 Å². The standard InChI is InChI=1S/C14H31N3/c1-13(11-15-14(2,3)4)12-17-8-6-7-16(5)9-10-17/h13,15H,6-12H2,1-5H3. The summed E-state index contributed by atoms with van der Waals surface area (Å²) in [6, 6.07) is 0. The molecule has 0 aromatic heterocycles. The first-order valence-electron chi connectivity index (χ1n) is 7.03. The van der Waals surface area contributed by atoms with E-state index in [4.69, 9.17) is 0 Å². The summed E-state index contributed by atoms with van der Waals surface area (Å²) < 4.78 is 0. The third-order valence-corrected chi connectivity index (χ3v) is 3.36.